The van der Waals surface area contributed by atoms with Crippen molar-refractivity contribution < 1.29 is 9.59 Å². The van der Waals surface area contributed by atoms with Gasteiger partial charge in [0, 0.05) is 24.5 Å². The van der Waals surface area contributed by atoms with Gasteiger partial charge in [0.15, 0.2) is 5.78 Å². The Morgan fingerprint density at radius 1 is 1.21 bits per heavy atom. The molecular weight excluding hydrogens is 244 g/mol. The highest BCUT2D eigenvalue weighted by atomic mass is 16.2. The Balaban J connectivity index is 2.02. The molecule has 2 aromatic rings. The van der Waals surface area contributed by atoms with E-state index in [4.69, 9.17) is 0 Å². The second-order valence-electron chi connectivity index (χ2n) is 4.12. The Hall–Kier alpha value is -2.63. The van der Waals surface area contributed by atoms with Crippen molar-refractivity contribution in [3.05, 3.63) is 42.2 Å². The zero-order valence-electron chi connectivity index (χ0n) is 10.7. The van der Waals surface area contributed by atoms with Crippen LogP contribution >= 0.6 is 0 Å². The number of amides is 2. The Bertz CT molecular complexity index is 619. The van der Waals surface area contributed by atoms with Gasteiger partial charge in [-0.25, -0.2) is 4.79 Å². The van der Waals surface area contributed by atoms with Crippen LogP contribution in [-0.4, -0.2) is 21.6 Å². The molecule has 19 heavy (non-hydrogen) atoms. The summed E-state index contributed by atoms with van der Waals surface area (Å²) in [6, 6.07) is 6.39. The molecule has 0 atom stereocenters. The molecule has 0 unspecified atom stereocenters. The van der Waals surface area contributed by atoms with Crippen LogP contribution in [0.15, 0.2) is 36.7 Å². The number of benzene rings is 1. The lowest BCUT2D eigenvalue weighted by atomic mass is 10.1. The van der Waals surface area contributed by atoms with E-state index in [2.05, 4.69) is 15.7 Å². The maximum Gasteiger partial charge on any atom is 0.323 e. The molecule has 2 N–H and O–H groups in total. The van der Waals surface area contributed by atoms with E-state index in [1.54, 1.807) is 48.4 Å². The molecule has 0 spiro atoms. The number of nitrogens with one attached hydrogen (secondary N) is 2. The van der Waals surface area contributed by atoms with Gasteiger partial charge in [-0.2, -0.15) is 5.10 Å². The van der Waals surface area contributed by atoms with Gasteiger partial charge < -0.3 is 10.6 Å². The molecule has 0 bridgehead atoms. The van der Waals surface area contributed by atoms with Crippen molar-refractivity contribution in [2.75, 3.05) is 10.6 Å². The third kappa shape index (κ3) is 3.41. The quantitative estimate of drug-likeness (QED) is 0.829. The van der Waals surface area contributed by atoms with Gasteiger partial charge in [-0.15, -0.1) is 0 Å². The number of carbonyl (C=O) groups excluding carboxylic acids is 2. The van der Waals surface area contributed by atoms with E-state index in [-0.39, 0.29) is 11.8 Å². The summed E-state index contributed by atoms with van der Waals surface area (Å²) < 4.78 is 1.59. The van der Waals surface area contributed by atoms with Gasteiger partial charge in [0.25, 0.3) is 0 Å². The van der Waals surface area contributed by atoms with Crippen LogP contribution < -0.4 is 10.6 Å². The fourth-order valence-corrected chi connectivity index (χ4v) is 1.60. The van der Waals surface area contributed by atoms with Crippen molar-refractivity contribution in [3.63, 3.8) is 0 Å². The first-order chi connectivity index (χ1) is 9.04. The average molecular weight is 258 g/mol. The number of anilines is 2. The predicted molar refractivity (Wildman–Crippen MR) is 72.3 cm³/mol. The van der Waals surface area contributed by atoms with Gasteiger partial charge in [0.1, 0.15) is 0 Å². The van der Waals surface area contributed by atoms with E-state index in [1.165, 1.54) is 6.92 Å². The standard InChI is InChI=1S/C13H14N4O2/c1-9(18)10-4-3-5-11(6-10)15-13(19)16-12-7-14-17(2)8-12/h3-8H,1-2H3,(H2,15,16,19). The summed E-state index contributed by atoms with van der Waals surface area (Å²) in [5.74, 6) is -0.0451. The Kier molecular flexibility index (Phi) is 3.61. The van der Waals surface area contributed by atoms with Crippen LogP contribution in [0.1, 0.15) is 17.3 Å². The van der Waals surface area contributed by atoms with Gasteiger partial charge >= 0.3 is 6.03 Å². The summed E-state index contributed by atoms with van der Waals surface area (Å²) in [4.78, 5) is 23.0. The molecule has 0 saturated heterocycles. The largest absolute Gasteiger partial charge is 0.323 e. The first-order valence-electron chi connectivity index (χ1n) is 5.72. The molecule has 1 aromatic carbocycles. The van der Waals surface area contributed by atoms with Crippen LogP contribution in [0.2, 0.25) is 0 Å². The Morgan fingerprint density at radius 2 is 1.95 bits per heavy atom. The zero-order chi connectivity index (χ0) is 13.8. The van der Waals surface area contributed by atoms with E-state index in [0.717, 1.165) is 0 Å². The minimum Gasteiger partial charge on any atom is -0.308 e. The fraction of sp³-hybridized carbons (Fsp3) is 0.154. The van der Waals surface area contributed by atoms with E-state index in [0.29, 0.717) is 16.9 Å². The van der Waals surface area contributed by atoms with Gasteiger partial charge in [0.2, 0.25) is 0 Å². The van der Waals surface area contributed by atoms with E-state index < -0.39 is 0 Å². The van der Waals surface area contributed by atoms with Crippen molar-refractivity contribution in [2.45, 2.75) is 6.92 Å². The van der Waals surface area contributed by atoms with E-state index in [9.17, 15) is 9.59 Å². The number of aromatic nitrogens is 2. The maximum absolute atomic E-state index is 11.7. The lowest BCUT2D eigenvalue weighted by molar-refractivity contribution is 0.101. The third-order valence-corrected chi connectivity index (χ3v) is 2.49. The smallest absolute Gasteiger partial charge is 0.308 e. The predicted octanol–water partition coefficient (Wildman–Crippen LogP) is 2.27. The van der Waals surface area contributed by atoms with Crippen LogP contribution in [0.3, 0.4) is 0 Å². The summed E-state index contributed by atoms with van der Waals surface area (Å²) >= 11 is 0. The van der Waals surface area contributed by atoms with Crippen LogP contribution in [0.4, 0.5) is 16.2 Å². The number of hydrogen-bond acceptors (Lipinski definition) is 3. The number of Topliss-reactive ketones (excluding diaryl/α,β-unsaturated/α-hetero) is 1. The molecule has 1 aromatic heterocycles. The van der Waals surface area contributed by atoms with Crippen molar-refractivity contribution >= 4 is 23.2 Å². The number of ketones is 1. The molecule has 0 aliphatic heterocycles. The highest BCUT2D eigenvalue weighted by Gasteiger charge is 2.05. The number of hydrogen-bond donors (Lipinski definition) is 2. The van der Waals surface area contributed by atoms with Crippen LogP contribution in [0.25, 0.3) is 0 Å². The van der Waals surface area contributed by atoms with Gasteiger partial charge in [-0.05, 0) is 19.1 Å². The van der Waals surface area contributed by atoms with E-state index >= 15 is 0 Å². The minimum absolute atomic E-state index is 0.0451. The lowest BCUT2D eigenvalue weighted by Gasteiger charge is -2.06. The summed E-state index contributed by atoms with van der Waals surface area (Å²) in [6.45, 7) is 1.48. The molecule has 6 nitrogen and oxygen atoms in total. The van der Waals surface area contributed by atoms with E-state index in [1.807, 2.05) is 0 Å². The summed E-state index contributed by atoms with van der Waals surface area (Å²) in [6.07, 6.45) is 3.23. The van der Waals surface area contributed by atoms with Crippen molar-refractivity contribution in [2.24, 2.45) is 7.05 Å². The minimum atomic E-state index is -0.381. The van der Waals surface area contributed by atoms with Crippen molar-refractivity contribution in [3.8, 4) is 0 Å². The highest BCUT2D eigenvalue weighted by Crippen LogP contribution is 2.12. The molecule has 2 rings (SSSR count). The molecule has 0 aliphatic rings. The summed E-state index contributed by atoms with van der Waals surface area (Å²) in [5, 5.41) is 9.24. The first kappa shape index (κ1) is 12.8. The van der Waals surface area contributed by atoms with Crippen LogP contribution in [-0.2, 0) is 7.05 Å². The number of urea groups is 1. The molecule has 98 valence electrons. The number of rotatable bonds is 3. The molecule has 0 saturated carbocycles. The van der Waals surface area contributed by atoms with Gasteiger partial charge in [-0.1, -0.05) is 12.1 Å². The monoisotopic (exact) mass is 258 g/mol. The summed E-state index contributed by atoms with van der Waals surface area (Å²) in [7, 11) is 1.76. The molecule has 0 radical (unpaired) electrons. The number of carbonyl (C=O) groups is 2. The molecule has 6 heteroatoms. The average Bonchev–Trinajstić information content (AvgIpc) is 2.74. The second kappa shape index (κ2) is 5.34. The van der Waals surface area contributed by atoms with Crippen molar-refractivity contribution in [1.82, 2.24) is 9.78 Å². The lowest BCUT2D eigenvalue weighted by Crippen LogP contribution is -2.19. The normalized spacial score (nSPS) is 10.0. The molecular formula is C13H14N4O2. The second-order valence-corrected chi connectivity index (χ2v) is 4.12. The number of aryl methyl sites for hydroxylation is 1. The first-order valence-corrected chi connectivity index (χ1v) is 5.72. The SMILES string of the molecule is CC(=O)c1cccc(NC(=O)Nc2cnn(C)c2)c1. The van der Waals surface area contributed by atoms with Gasteiger partial charge in [-0.3, -0.25) is 9.48 Å². The topological polar surface area (TPSA) is 76.0 Å². The van der Waals surface area contributed by atoms with Gasteiger partial charge in [0.05, 0.1) is 11.9 Å². The highest BCUT2D eigenvalue weighted by molar-refractivity contribution is 6.01. The Morgan fingerprint density at radius 3 is 2.58 bits per heavy atom. The van der Waals surface area contributed by atoms with Crippen LogP contribution in [0.5, 0.6) is 0 Å². The fourth-order valence-electron chi connectivity index (χ4n) is 1.60. The van der Waals surface area contributed by atoms with Crippen molar-refractivity contribution in [1.29, 1.82) is 0 Å². The molecule has 2 amide bonds. The third-order valence-electron chi connectivity index (χ3n) is 2.49. The molecule has 0 aliphatic carbocycles. The Labute approximate surface area is 110 Å². The zero-order valence-corrected chi connectivity index (χ0v) is 10.7. The van der Waals surface area contributed by atoms with Crippen LogP contribution in [0, 0.1) is 0 Å². The molecule has 0 fully saturated rings. The summed E-state index contributed by atoms with van der Waals surface area (Å²) in [5.41, 5.74) is 1.72. The maximum atomic E-state index is 11.7. The number of nitrogens with zero attached hydrogens (tertiary/aromatic N) is 2. The molecule has 1 heterocycles.